The van der Waals surface area contributed by atoms with Crippen molar-refractivity contribution in [3.63, 3.8) is 0 Å². The molecule has 48 heavy (non-hydrogen) atoms. The van der Waals surface area contributed by atoms with E-state index in [1.807, 2.05) is 24.3 Å². The molecule has 3 N–H and O–H groups in total. The molecule has 248 valence electrons. The lowest BCUT2D eigenvalue weighted by Gasteiger charge is -2.31. The van der Waals surface area contributed by atoms with Crippen LogP contribution in [-0.4, -0.2) is 68.0 Å². The highest BCUT2D eigenvalue weighted by molar-refractivity contribution is 6.03. The summed E-state index contributed by atoms with van der Waals surface area (Å²) in [6.45, 7) is 1.13. The highest BCUT2D eigenvalue weighted by atomic mass is 19.4. The molecule has 1 atom stereocenters. The summed E-state index contributed by atoms with van der Waals surface area (Å²) in [5, 5.41) is 20.8. The zero-order valence-corrected chi connectivity index (χ0v) is 25.6. The van der Waals surface area contributed by atoms with Crippen LogP contribution in [0.2, 0.25) is 0 Å². The van der Waals surface area contributed by atoms with Gasteiger partial charge in [0.1, 0.15) is 28.5 Å². The first kappa shape index (κ1) is 32.1. The number of fused-ring (bicyclic) bond motifs is 1. The van der Waals surface area contributed by atoms with E-state index in [1.54, 1.807) is 36.2 Å². The predicted octanol–water partition coefficient (Wildman–Crippen LogP) is 6.50. The molecule has 12 nitrogen and oxygen atoms in total. The van der Waals surface area contributed by atoms with Crippen molar-refractivity contribution in [3.05, 3.63) is 95.8 Å². The molecule has 0 bridgehead atoms. The Kier molecular flexibility index (Phi) is 9.01. The number of alkyl halides is 3. The number of benzene rings is 2. The Balaban J connectivity index is 1.26. The van der Waals surface area contributed by atoms with Crippen molar-refractivity contribution in [2.75, 3.05) is 30.8 Å². The normalized spacial score (nSPS) is 14.8. The fraction of sp³-hybridized carbons (Fsp3) is 0.242. The molecule has 6 rings (SSSR count). The van der Waals surface area contributed by atoms with Gasteiger partial charge in [-0.3, -0.25) is 4.79 Å². The summed E-state index contributed by atoms with van der Waals surface area (Å²) < 4.78 is 52.5. The van der Waals surface area contributed by atoms with Crippen LogP contribution < -0.4 is 20.1 Å². The third-order valence-electron chi connectivity index (χ3n) is 7.79. The molecule has 0 saturated carbocycles. The molecule has 0 radical (unpaired) electrons. The van der Waals surface area contributed by atoms with E-state index >= 15 is 0 Å². The molecule has 1 aliphatic rings. The minimum Gasteiger partial charge on any atom is -0.497 e. The van der Waals surface area contributed by atoms with E-state index in [-0.39, 0.29) is 24.0 Å². The molecule has 1 unspecified atom stereocenters. The number of halogens is 3. The van der Waals surface area contributed by atoms with Gasteiger partial charge in [0, 0.05) is 43.2 Å². The van der Waals surface area contributed by atoms with Gasteiger partial charge in [-0.2, -0.15) is 18.3 Å². The van der Waals surface area contributed by atoms with E-state index in [0.29, 0.717) is 47.9 Å². The number of methoxy groups -OCH3 is 1. The molecule has 4 heterocycles. The number of hydrogen-bond acceptors (Lipinski definition) is 8. The lowest BCUT2D eigenvalue weighted by Crippen LogP contribution is -2.44. The minimum absolute atomic E-state index is 0.177. The van der Waals surface area contributed by atoms with Gasteiger partial charge < -0.3 is 30.1 Å². The lowest BCUT2D eigenvalue weighted by atomic mass is 10.1. The highest BCUT2D eigenvalue weighted by Crippen LogP contribution is 2.36. The van der Waals surface area contributed by atoms with Crippen molar-refractivity contribution in [2.45, 2.75) is 31.6 Å². The van der Waals surface area contributed by atoms with Crippen LogP contribution in [0.15, 0.2) is 79.1 Å². The molecular formula is C33H30F3N7O5. The number of rotatable bonds is 9. The topological polar surface area (TPSA) is 144 Å². The second kappa shape index (κ2) is 13.5. The lowest BCUT2D eigenvalue weighted by molar-refractivity contribution is -0.137. The van der Waals surface area contributed by atoms with Gasteiger partial charge in [-0.15, -0.1) is 0 Å². The number of nitrogens with zero attached hydrogens (tertiary/aromatic N) is 5. The number of aromatic nitrogens is 4. The van der Waals surface area contributed by atoms with Gasteiger partial charge in [-0.25, -0.2) is 19.4 Å². The summed E-state index contributed by atoms with van der Waals surface area (Å²) in [6, 6.07) is 16.7. The maximum absolute atomic E-state index is 13.1. The zero-order chi connectivity index (χ0) is 33.8. The molecule has 3 aromatic heterocycles. The number of nitrogens with one attached hydrogen (secondary N) is 2. The van der Waals surface area contributed by atoms with Crippen molar-refractivity contribution in [1.29, 1.82) is 0 Å². The Morgan fingerprint density at radius 3 is 2.44 bits per heavy atom. The van der Waals surface area contributed by atoms with Crippen LogP contribution in [-0.2, 0) is 12.7 Å². The fourth-order valence-electron chi connectivity index (χ4n) is 5.40. The SMILES string of the molecule is COc1ccc(Cn2nc(NC3CCCN(C(=O)O)C3)c3c(Oc4ccc(C(=O)Nc5cc(C(F)(F)F)ccn5)cc4)ccnc32)cc1. The number of carboxylic acid groups (broad SMARTS) is 1. The first-order valence-electron chi connectivity index (χ1n) is 14.9. The molecule has 2 aromatic carbocycles. The van der Waals surface area contributed by atoms with Crippen molar-refractivity contribution in [3.8, 4) is 17.2 Å². The van der Waals surface area contributed by atoms with Crippen LogP contribution in [0.25, 0.3) is 11.0 Å². The number of pyridine rings is 2. The molecule has 15 heteroatoms. The van der Waals surface area contributed by atoms with Gasteiger partial charge in [0.2, 0.25) is 0 Å². The number of carbonyl (C=O) groups excluding carboxylic acids is 1. The second-order valence-electron chi connectivity index (χ2n) is 11.1. The number of carbonyl (C=O) groups is 2. The Morgan fingerprint density at radius 1 is 1.00 bits per heavy atom. The predicted molar refractivity (Wildman–Crippen MR) is 170 cm³/mol. The average Bonchev–Trinajstić information content (AvgIpc) is 3.42. The van der Waals surface area contributed by atoms with Crippen LogP contribution in [0.5, 0.6) is 17.2 Å². The summed E-state index contributed by atoms with van der Waals surface area (Å²) in [6.07, 6.45) is -1.55. The second-order valence-corrected chi connectivity index (χ2v) is 11.1. The standard InChI is InChI=1S/C33H30F3N7O5/c1-47-24-8-4-20(5-9-24)18-43-30-28(29(41-43)39-23-3-2-16-42(19-23)32(45)46)26(13-15-38-30)48-25-10-6-21(7-11-25)31(44)40-27-17-22(12-14-37-27)33(34,35)36/h4-15,17,23H,2-3,16,18-19H2,1H3,(H,39,41)(H,45,46)(H,37,40,44). The summed E-state index contributed by atoms with van der Waals surface area (Å²) >= 11 is 0. The summed E-state index contributed by atoms with van der Waals surface area (Å²) in [7, 11) is 1.59. The molecule has 2 amide bonds. The van der Waals surface area contributed by atoms with Gasteiger partial charge >= 0.3 is 12.3 Å². The molecule has 5 aromatic rings. The van der Waals surface area contributed by atoms with E-state index in [1.165, 1.54) is 17.0 Å². The van der Waals surface area contributed by atoms with E-state index < -0.39 is 23.7 Å². The van der Waals surface area contributed by atoms with Crippen molar-refractivity contribution >= 4 is 34.7 Å². The number of piperidine rings is 1. The largest absolute Gasteiger partial charge is 0.497 e. The van der Waals surface area contributed by atoms with Crippen molar-refractivity contribution in [2.24, 2.45) is 0 Å². The van der Waals surface area contributed by atoms with Gasteiger partial charge in [0.25, 0.3) is 5.91 Å². The van der Waals surface area contributed by atoms with E-state index in [0.717, 1.165) is 36.1 Å². The Hall–Kier alpha value is -5.86. The summed E-state index contributed by atoms with van der Waals surface area (Å²) in [5.41, 5.74) is 0.727. The first-order chi connectivity index (χ1) is 23.1. The van der Waals surface area contributed by atoms with Crippen LogP contribution in [0.3, 0.4) is 0 Å². The maximum atomic E-state index is 13.1. The van der Waals surface area contributed by atoms with Crippen LogP contribution in [0.1, 0.15) is 34.3 Å². The quantitative estimate of drug-likeness (QED) is 0.161. The van der Waals surface area contributed by atoms with E-state index in [9.17, 15) is 27.9 Å². The number of ether oxygens (including phenoxy) is 2. The van der Waals surface area contributed by atoms with Crippen LogP contribution >= 0.6 is 0 Å². The smallest absolute Gasteiger partial charge is 0.416 e. The molecule has 1 saturated heterocycles. The maximum Gasteiger partial charge on any atom is 0.416 e. The Bertz CT molecular complexity index is 1930. The molecule has 1 aliphatic heterocycles. The van der Waals surface area contributed by atoms with Crippen molar-refractivity contribution < 1.29 is 37.3 Å². The third-order valence-corrected chi connectivity index (χ3v) is 7.79. The molecule has 1 fully saturated rings. The molecule has 0 aliphatic carbocycles. The van der Waals surface area contributed by atoms with Gasteiger partial charge in [-0.05, 0) is 66.9 Å². The summed E-state index contributed by atoms with van der Waals surface area (Å²) in [4.78, 5) is 34.2. The number of anilines is 2. The van der Waals surface area contributed by atoms with Gasteiger partial charge in [-0.1, -0.05) is 12.1 Å². The van der Waals surface area contributed by atoms with Crippen LogP contribution in [0.4, 0.5) is 29.6 Å². The van der Waals surface area contributed by atoms with E-state index in [4.69, 9.17) is 14.6 Å². The van der Waals surface area contributed by atoms with Gasteiger partial charge in [0.05, 0.1) is 19.2 Å². The molecule has 0 spiro atoms. The number of hydrogen-bond donors (Lipinski definition) is 3. The fourth-order valence-corrected chi connectivity index (χ4v) is 5.40. The Morgan fingerprint density at radius 2 is 1.73 bits per heavy atom. The summed E-state index contributed by atoms with van der Waals surface area (Å²) in [5.74, 6) is 1.11. The van der Waals surface area contributed by atoms with Crippen molar-refractivity contribution in [1.82, 2.24) is 24.6 Å². The number of amides is 2. The monoisotopic (exact) mass is 661 g/mol. The number of likely N-dealkylation sites (tertiary alicyclic amines) is 1. The third kappa shape index (κ3) is 7.24. The van der Waals surface area contributed by atoms with Gasteiger partial charge in [0.15, 0.2) is 11.5 Å². The minimum atomic E-state index is -4.57. The van der Waals surface area contributed by atoms with E-state index in [2.05, 4.69) is 20.6 Å². The first-order valence-corrected chi connectivity index (χ1v) is 14.9. The average molecular weight is 662 g/mol. The van der Waals surface area contributed by atoms with Crippen LogP contribution in [0, 0.1) is 0 Å². The highest BCUT2D eigenvalue weighted by Gasteiger charge is 2.31. The zero-order valence-electron chi connectivity index (χ0n) is 25.6. The molecular weight excluding hydrogens is 631 g/mol. The Labute approximate surface area is 272 Å².